The Hall–Kier alpha value is -1.28. The number of carbonyl (C=O) groups excluding carboxylic acids is 3. The molecule has 0 aromatic heterocycles. The number of carbonyl (C=O) groups is 3. The number of likely N-dealkylation sites (tertiary alicyclic amines) is 1. The SMILES string of the molecule is CCCC(C)NC(=O)C1N([C@@H](CC)CO)C(=O)[C@@H]2[C@H](C(=O)NC)[C@@H]3CC(C)C12S3. The predicted molar refractivity (Wildman–Crippen MR) is 113 cm³/mol. The second-order valence-electron chi connectivity index (χ2n) is 8.86. The van der Waals surface area contributed by atoms with Crippen LogP contribution in [0.4, 0.5) is 0 Å². The third kappa shape index (κ3) is 3.26. The van der Waals surface area contributed by atoms with Crippen molar-refractivity contribution in [1.29, 1.82) is 0 Å². The van der Waals surface area contributed by atoms with E-state index < -0.39 is 28.7 Å². The van der Waals surface area contributed by atoms with Gasteiger partial charge in [0, 0.05) is 18.3 Å². The first-order valence-electron chi connectivity index (χ1n) is 10.9. The van der Waals surface area contributed by atoms with Crippen molar-refractivity contribution in [2.45, 2.75) is 81.5 Å². The number of amides is 3. The fourth-order valence-electron chi connectivity index (χ4n) is 5.86. The van der Waals surface area contributed by atoms with E-state index in [2.05, 4.69) is 24.5 Å². The highest BCUT2D eigenvalue weighted by atomic mass is 32.2. The number of hydrogen-bond acceptors (Lipinski definition) is 5. The zero-order valence-corrected chi connectivity index (χ0v) is 18.9. The maximum atomic E-state index is 13.7. The maximum Gasteiger partial charge on any atom is 0.244 e. The van der Waals surface area contributed by atoms with Crippen LogP contribution in [0.2, 0.25) is 0 Å². The van der Waals surface area contributed by atoms with Gasteiger partial charge in [-0.25, -0.2) is 0 Å². The van der Waals surface area contributed by atoms with Crippen molar-refractivity contribution >= 4 is 29.5 Å². The molecular weight excluding hydrogens is 390 g/mol. The summed E-state index contributed by atoms with van der Waals surface area (Å²) in [4.78, 5) is 41.5. The third-order valence-electron chi connectivity index (χ3n) is 7.17. The molecule has 0 aliphatic carbocycles. The Morgan fingerprint density at radius 1 is 1.34 bits per heavy atom. The average Bonchev–Trinajstić information content (AvgIpc) is 3.27. The predicted octanol–water partition coefficient (Wildman–Crippen LogP) is 1.15. The molecule has 3 amide bonds. The van der Waals surface area contributed by atoms with Gasteiger partial charge >= 0.3 is 0 Å². The topological polar surface area (TPSA) is 98.7 Å². The van der Waals surface area contributed by atoms with E-state index >= 15 is 0 Å². The van der Waals surface area contributed by atoms with Gasteiger partial charge in [-0.15, -0.1) is 11.8 Å². The second kappa shape index (κ2) is 8.46. The molecule has 29 heavy (non-hydrogen) atoms. The zero-order valence-electron chi connectivity index (χ0n) is 18.1. The van der Waals surface area contributed by atoms with E-state index in [0.717, 1.165) is 19.3 Å². The Bertz CT molecular complexity index is 670. The first kappa shape index (κ1) is 22.4. The fourth-order valence-corrected chi connectivity index (χ4v) is 8.27. The van der Waals surface area contributed by atoms with Gasteiger partial charge in [-0.3, -0.25) is 14.4 Å². The molecule has 3 fully saturated rings. The van der Waals surface area contributed by atoms with Gasteiger partial charge in [0.25, 0.3) is 0 Å². The fraction of sp³-hybridized carbons (Fsp3) is 0.857. The summed E-state index contributed by atoms with van der Waals surface area (Å²) in [7, 11) is 1.60. The number of aliphatic hydroxyl groups is 1. The summed E-state index contributed by atoms with van der Waals surface area (Å²) in [6.07, 6.45) is 3.21. The zero-order chi connectivity index (χ0) is 21.5. The van der Waals surface area contributed by atoms with E-state index in [-0.39, 0.29) is 41.5 Å². The molecule has 2 bridgehead atoms. The van der Waals surface area contributed by atoms with Crippen LogP contribution in [0.15, 0.2) is 0 Å². The van der Waals surface area contributed by atoms with Crippen molar-refractivity contribution in [3.8, 4) is 0 Å². The van der Waals surface area contributed by atoms with E-state index in [4.69, 9.17) is 0 Å². The molecule has 3 aliphatic heterocycles. The summed E-state index contributed by atoms with van der Waals surface area (Å²) in [6.45, 7) is 7.89. The van der Waals surface area contributed by atoms with E-state index in [0.29, 0.717) is 6.42 Å². The highest BCUT2D eigenvalue weighted by Crippen LogP contribution is 2.68. The van der Waals surface area contributed by atoms with Crippen molar-refractivity contribution < 1.29 is 19.5 Å². The molecule has 4 unspecified atom stereocenters. The van der Waals surface area contributed by atoms with Crippen LogP contribution in [0.3, 0.4) is 0 Å². The molecular formula is C21H35N3O4S. The number of nitrogens with one attached hydrogen (secondary N) is 2. The molecule has 3 N–H and O–H groups in total. The summed E-state index contributed by atoms with van der Waals surface area (Å²) in [5.41, 5.74) is 0. The number of nitrogens with zero attached hydrogens (tertiary/aromatic N) is 1. The Kier molecular flexibility index (Phi) is 6.53. The first-order chi connectivity index (χ1) is 13.8. The van der Waals surface area contributed by atoms with Gasteiger partial charge in [0.05, 0.1) is 29.2 Å². The van der Waals surface area contributed by atoms with Gasteiger partial charge in [-0.1, -0.05) is 27.2 Å². The lowest BCUT2D eigenvalue weighted by Gasteiger charge is -2.40. The minimum absolute atomic E-state index is 0.0164. The molecule has 3 heterocycles. The van der Waals surface area contributed by atoms with E-state index in [9.17, 15) is 19.5 Å². The van der Waals surface area contributed by atoms with Gasteiger partial charge in [-0.2, -0.15) is 0 Å². The van der Waals surface area contributed by atoms with Crippen LogP contribution in [-0.2, 0) is 14.4 Å². The van der Waals surface area contributed by atoms with Crippen molar-refractivity contribution in [1.82, 2.24) is 15.5 Å². The van der Waals surface area contributed by atoms with Crippen molar-refractivity contribution in [2.75, 3.05) is 13.7 Å². The molecule has 3 saturated heterocycles. The summed E-state index contributed by atoms with van der Waals surface area (Å²) < 4.78 is -0.614. The molecule has 3 rings (SSSR count). The standard InChI is InChI=1S/C21H35N3O4S/c1-6-8-12(4)23-19(27)17-21-11(3)9-14(29-21)15(18(26)22-5)16(21)20(28)24(17)13(7-2)10-25/h11-17,25H,6-10H2,1-5H3,(H,22,26)(H,23,27)/t11?,12?,13-,14-,15+,16-,17?,21?/m0/s1. The second-order valence-corrected chi connectivity index (χ2v) is 10.4. The normalized spacial score (nSPS) is 37.4. The lowest BCUT2D eigenvalue weighted by molar-refractivity contribution is -0.142. The minimum atomic E-state index is -0.656. The third-order valence-corrected chi connectivity index (χ3v) is 9.24. The lowest BCUT2D eigenvalue weighted by Crippen LogP contribution is -2.59. The molecule has 1 spiro atoms. The lowest BCUT2D eigenvalue weighted by atomic mass is 9.66. The van der Waals surface area contributed by atoms with Gasteiger partial charge in [0.15, 0.2) is 0 Å². The van der Waals surface area contributed by atoms with Crippen LogP contribution >= 0.6 is 11.8 Å². The number of thioether (sulfide) groups is 1. The van der Waals surface area contributed by atoms with E-state index in [1.54, 1.807) is 23.7 Å². The van der Waals surface area contributed by atoms with E-state index in [1.807, 2.05) is 13.8 Å². The van der Waals surface area contributed by atoms with Crippen LogP contribution in [0, 0.1) is 17.8 Å². The monoisotopic (exact) mass is 425 g/mol. The molecule has 3 aliphatic rings. The smallest absolute Gasteiger partial charge is 0.244 e. The molecule has 8 heteroatoms. The van der Waals surface area contributed by atoms with Crippen LogP contribution < -0.4 is 10.6 Å². The number of aliphatic hydroxyl groups excluding tert-OH is 1. The maximum absolute atomic E-state index is 13.7. The van der Waals surface area contributed by atoms with Crippen LogP contribution in [0.5, 0.6) is 0 Å². The van der Waals surface area contributed by atoms with Crippen LogP contribution in [0.1, 0.15) is 53.4 Å². The highest BCUT2D eigenvalue weighted by molar-refractivity contribution is 8.02. The molecule has 0 aromatic carbocycles. The van der Waals surface area contributed by atoms with Crippen molar-refractivity contribution in [3.63, 3.8) is 0 Å². The molecule has 164 valence electrons. The van der Waals surface area contributed by atoms with Gasteiger partial charge < -0.3 is 20.6 Å². The molecule has 0 saturated carbocycles. The molecule has 0 aromatic rings. The largest absolute Gasteiger partial charge is 0.394 e. The van der Waals surface area contributed by atoms with Crippen molar-refractivity contribution in [2.24, 2.45) is 17.8 Å². The minimum Gasteiger partial charge on any atom is -0.394 e. The summed E-state index contributed by atoms with van der Waals surface area (Å²) >= 11 is 1.67. The number of hydrogen-bond donors (Lipinski definition) is 3. The summed E-state index contributed by atoms with van der Waals surface area (Å²) in [5.74, 6) is -1.20. The highest BCUT2D eigenvalue weighted by Gasteiger charge is 2.76. The van der Waals surface area contributed by atoms with Crippen LogP contribution in [-0.4, -0.2) is 69.5 Å². The Morgan fingerprint density at radius 3 is 2.59 bits per heavy atom. The van der Waals surface area contributed by atoms with Crippen LogP contribution in [0.25, 0.3) is 0 Å². The molecule has 7 nitrogen and oxygen atoms in total. The van der Waals surface area contributed by atoms with Gasteiger partial charge in [-0.05, 0) is 32.1 Å². The van der Waals surface area contributed by atoms with Gasteiger partial charge in [0.2, 0.25) is 17.7 Å². The molecule has 0 radical (unpaired) electrons. The number of fused-ring (bicyclic) bond motifs is 1. The quantitative estimate of drug-likeness (QED) is 0.542. The first-order valence-corrected chi connectivity index (χ1v) is 11.8. The average molecular weight is 426 g/mol. The molecule has 8 atom stereocenters. The Morgan fingerprint density at radius 2 is 2.03 bits per heavy atom. The van der Waals surface area contributed by atoms with E-state index in [1.165, 1.54) is 0 Å². The van der Waals surface area contributed by atoms with Crippen molar-refractivity contribution in [3.05, 3.63) is 0 Å². The Balaban J connectivity index is 2.06. The Labute approximate surface area is 177 Å². The number of rotatable bonds is 8. The summed E-state index contributed by atoms with van der Waals surface area (Å²) in [5, 5.41) is 15.9. The summed E-state index contributed by atoms with van der Waals surface area (Å²) in [6, 6.07) is -1.06. The van der Waals surface area contributed by atoms with Gasteiger partial charge in [0.1, 0.15) is 6.04 Å².